The number of rotatable bonds is 6. The van der Waals surface area contributed by atoms with Crippen molar-refractivity contribution in [2.24, 2.45) is 11.8 Å². The normalized spacial score (nSPS) is 23.4. The van der Waals surface area contributed by atoms with Crippen molar-refractivity contribution < 1.29 is 9.53 Å². The number of hydrogen-bond acceptors (Lipinski definition) is 2. The highest BCUT2D eigenvalue weighted by Crippen LogP contribution is 2.34. The largest absolute Gasteiger partial charge is 0.462 e. The highest BCUT2D eigenvalue weighted by molar-refractivity contribution is 5.73. The summed E-state index contributed by atoms with van der Waals surface area (Å²) < 4.78 is 5.86. The van der Waals surface area contributed by atoms with Gasteiger partial charge in [0.05, 0.1) is 5.92 Å². The molecular weight excluding hydrogens is 248 g/mol. The molecule has 2 aliphatic carbocycles. The molecule has 0 bridgehead atoms. The molecule has 2 fully saturated rings. The van der Waals surface area contributed by atoms with Crippen LogP contribution in [0.4, 0.5) is 0 Å². The van der Waals surface area contributed by atoms with Crippen LogP contribution in [0.1, 0.15) is 90.4 Å². The number of unbranched alkanes of at least 4 members (excludes halogenated alkanes) is 1. The third-order valence-corrected chi connectivity index (χ3v) is 5.23. The maximum Gasteiger partial charge on any atom is 0.309 e. The van der Waals surface area contributed by atoms with Crippen LogP contribution in [0, 0.1) is 11.8 Å². The SMILES string of the molecule is CCCCC(C(=O)OC1CCCCC1)C1CCCCC1. The molecule has 2 aliphatic rings. The standard InChI is InChI=1S/C18H32O2/c1-2-3-14-17(15-10-6-4-7-11-15)18(19)20-16-12-8-5-9-13-16/h15-17H,2-14H2,1H3. The van der Waals surface area contributed by atoms with Crippen LogP contribution in [0.2, 0.25) is 0 Å². The van der Waals surface area contributed by atoms with Crippen molar-refractivity contribution in [2.75, 3.05) is 0 Å². The van der Waals surface area contributed by atoms with E-state index in [0.29, 0.717) is 5.92 Å². The molecule has 0 aliphatic heterocycles. The van der Waals surface area contributed by atoms with Crippen LogP contribution in [-0.4, -0.2) is 12.1 Å². The van der Waals surface area contributed by atoms with Crippen LogP contribution in [0.3, 0.4) is 0 Å². The van der Waals surface area contributed by atoms with Crippen molar-refractivity contribution in [1.82, 2.24) is 0 Å². The van der Waals surface area contributed by atoms with Crippen LogP contribution in [-0.2, 0) is 9.53 Å². The Labute approximate surface area is 124 Å². The molecule has 1 unspecified atom stereocenters. The summed E-state index contributed by atoms with van der Waals surface area (Å²) in [4.78, 5) is 12.6. The zero-order chi connectivity index (χ0) is 14.2. The molecule has 0 amide bonds. The second-order valence-corrected chi connectivity index (χ2v) is 6.84. The minimum absolute atomic E-state index is 0.136. The van der Waals surface area contributed by atoms with E-state index in [1.165, 1.54) is 64.2 Å². The summed E-state index contributed by atoms with van der Waals surface area (Å²) in [7, 11) is 0. The third kappa shape index (κ3) is 4.79. The first-order valence-electron chi connectivity index (χ1n) is 9.01. The van der Waals surface area contributed by atoms with Crippen LogP contribution in [0.25, 0.3) is 0 Å². The van der Waals surface area contributed by atoms with E-state index in [4.69, 9.17) is 4.74 Å². The molecule has 0 spiro atoms. The van der Waals surface area contributed by atoms with Crippen molar-refractivity contribution in [2.45, 2.75) is 96.5 Å². The molecule has 0 saturated heterocycles. The van der Waals surface area contributed by atoms with Crippen molar-refractivity contribution in [3.05, 3.63) is 0 Å². The van der Waals surface area contributed by atoms with Gasteiger partial charge in [0.15, 0.2) is 0 Å². The molecule has 0 heterocycles. The average molecular weight is 280 g/mol. The molecule has 0 aromatic heterocycles. The second kappa shape index (κ2) is 8.69. The Morgan fingerprint density at radius 1 is 1.00 bits per heavy atom. The molecule has 0 aromatic carbocycles. The minimum Gasteiger partial charge on any atom is -0.462 e. The van der Waals surface area contributed by atoms with E-state index in [2.05, 4.69) is 6.92 Å². The monoisotopic (exact) mass is 280 g/mol. The Kier molecular flexibility index (Phi) is 6.89. The van der Waals surface area contributed by atoms with E-state index >= 15 is 0 Å². The summed E-state index contributed by atoms with van der Waals surface area (Å²) in [6, 6.07) is 0. The lowest BCUT2D eigenvalue weighted by Gasteiger charge is -2.31. The summed E-state index contributed by atoms with van der Waals surface area (Å²) in [5.74, 6) is 0.931. The van der Waals surface area contributed by atoms with Gasteiger partial charge in [-0.3, -0.25) is 4.79 Å². The van der Waals surface area contributed by atoms with Crippen LogP contribution >= 0.6 is 0 Å². The molecule has 2 saturated carbocycles. The lowest BCUT2D eigenvalue weighted by atomic mass is 9.78. The average Bonchev–Trinajstić information content (AvgIpc) is 2.50. The van der Waals surface area contributed by atoms with Gasteiger partial charge in [0, 0.05) is 0 Å². The van der Waals surface area contributed by atoms with Crippen molar-refractivity contribution >= 4 is 5.97 Å². The lowest BCUT2D eigenvalue weighted by Crippen LogP contribution is -2.31. The van der Waals surface area contributed by atoms with Gasteiger partial charge in [-0.1, -0.05) is 45.4 Å². The van der Waals surface area contributed by atoms with Gasteiger partial charge in [0.2, 0.25) is 0 Å². The Balaban J connectivity index is 1.87. The number of carbonyl (C=O) groups excluding carboxylic acids is 1. The van der Waals surface area contributed by atoms with Crippen molar-refractivity contribution in [3.8, 4) is 0 Å². The van der Waals surface area contributed by atoms with Gasteiger partial charge in [-0.15, -0.1) is 0 Å². The third-order valence-electron chi connectivity index (χ3n) is 5.23. The first kappa shape index (κ1) is 15.9. The van der Waals surface area contributed by atoms with Gasteiger partial charge in [0.1, 0.15) is 6.10 Å². The molecule has 0 aromatic rings. The van der Waals surface area contributed by atoms with Gasteiger partial charge in [-0.05, 0) is 50.9 Å². The van der Waals surface area contributed by atoms with Crippen molar-refractivity contribution in [3.63, 3.8) is 0 Å². The van der Waals surface area contributed by atoms with Crippen LogP contribution in [0.15, 0.2) is 0 Å². The van der Waals surface area contributed by atoms with E-state index < -0.39 is 0 Å². The fourth-order valence-corrected chi connectivity index (χ4v) is 3.94. The first-order chi connectivity index (χ1) is 9.81. The Bertz CT molecular complexity index is 275. The molecule has 1 atom stereocenters. The number of esters is 1. The molecule has 2 rings (SSSR count). The maximum absolute atomic E-state index is 12.6. The van der Waals surface area contributed by atoms with Crippen LogP contribution in [0.5, 0.6) is 0 Å². The zero-order valence-electron chi connectivity index (χ0n) is 13.2. The molecule has 2 heteroatoms. The second-order valence-electron chi connectivity index (χ2n) is 6.84. The Hall–Kier alpha value is -0.530. The Morgan fingerprint density at radius 3 is 2.20 bits per heavy atom. The number of ether oxygens (including phenoxy) is 1. The zero-order valence-corrected chi connectivity index (χ0v) is 13.2. The summed E-state index contributed by atoms with van der Waals surface area (Å²) in [5.41, 5.74) is 0. The highest BCUT2D eigenvalue weighted by atomic mass is 16.5. The summed E-state index contributed by atoms with van der Waals surface area (Å²) in [5, 5.41) is 0. The summed E-state index contributed by atoms with van der Waals surface area (Å²) >= 11 is 0. The molecule has 116 valence electrons. The minimum atomic E-state index is 0.136. The van der Waals surface area contributed by atoms with E-state index in [1.807, 2.05) is 0 Å². The van der Waals surface area contributed by atoms with Gasteiger partial charge < -0.3 is 4.74 Å². The van der Waals surface area contributed by atoms with E-state index in [0.717, 1.165) is 19.3 Å². The summed E-state index contributed by atoms with van der Waals surface area (Å²) in [6.07, 6.45) is 16.1. The first-order valence-corrected chi connectivity index (χ1v) is 9.01. The molecule has 0 N–H and O–H groups in total. The van der Waals surface area contributed by atoms with E-state index in [9.17, 15) is 4.79 Å². The topological polar surface area (TPSA) is 26.3 Å². The molecule has 20 heavy (non-hydrogen) atoms. The highest BCUT2D eigenvalue weighted by Gasteiger charge is 2.31. The Morgan fingerprint density at radius 2 is 1.60 bits per heavy atom. The number of carbonyl (C=O) groups is 1. The van der Waals surface area contributed by atoms with Crippen molar-refractivity contribution in [1.29, 1.82) is 0 Å². The van der Waals surface area contributed by atoms with E-state index in [1.54, 1.807) is 0 Å². The fraction of sp³-hybridized carbons (Fsp3) is 0.944. The van der Waals surface area contributed by atoms with Crippen LogP contribution < -0.4 is 0 Å². The predicted molar refractivity (Wildman–Crippen MR) is 82.6 cm³/mol. The lowest BCUT2D eigenvalue weighted by molar-refractivity contribution is -0.158. The fourth-order valence-electron chi connectivity index (χ4n) is 3.94. The molecular formula is C18H32O2. The van der Waals surface area contributed by atoms with Gasteiger partial charge >= 0.3 is 5.97 Å². The number of hydrogen-bond donors (Lipinski definition) is 0. The van der Waals surface area contributed by atoms with Gasteiger partial charge in [0.25, 0.3) is 0 Å². The summed E-state index contributed by atoms with van der Waals surface area (Å²) in [6.45, 7) is 2.21. The van der Waals surface area contributed by atoms with Gasteiger partial charge in [-0.2, -0.15) is 0 Å². The molecule has 0 radical (unpaired) electrons. The predicted octanol–water partition coefficient (Wildman–Crippen LogP) is 5.25. The van der Waals surface area contributed by atoms with Gasteiger partial charge in [-0.25, -0.2) is 0 Å². The quantitative estimate of drug-likeness (QED) is 0.621. The smallest absolute Gasteiger partial charge is 0.309 e. The van der Waals surface area contributed by atoms with E-state index in [-0.39, 0.29) is 18.0 Å². The molecule has 2 nitrogen and oxygen atoms in total. The maximum atomic E-state index is 12.6.